The van der Waals surface area contributed by atoms with Crippen LogP contribution in [0, 0.1) is 6.92 Å². The van der Waals surface area contributed by atoms with Gasteiger partial charge < -0.3 is 10.4 Å². The number of amides is 1. The number of carbonyl (C=O) groups excluding carboxylic acids is 1. The average Bonchev–Trinajstić information content (AvgIpc) is 2.44. The summed E-state index contributed by atoms with van der Waals surface area (Å²) in [6.45, 7) is 8.00. The van der Waals surface area contributed by atoms with Gasteiger partial charge in [-0.15, -0.1) is 0 Å². The number of nitrogens with one attached hydrogen (secondary N) is 2. The van der Waals surface area contributed by atoms with Crippen LogP contribution in [0.2, 0.25) is 0 Å². The summed E-state index contributed by atoms with van der Waals surface area (Å²) in [5.41, 5.74) is 2.91. The summed E-state index contributed by atoms with van der Waals surface area (Å²) >= 11 is 0. The summed E-state index contributed by atoms with van der Waals surface area (Å²) in [5.74, 6) is -0.845. The highest BCUT2D eigenvalue weighted by Crippen LogP contribution is 2.27. The van der Waals surface area contributed by atoms with E-state index >= 15 is 0 Å². The minimum Gasteiger partial charge on any atom is -0.480 e. The maximum absolute atomic E-state index is 12.1. The number of aryl methyl sites for hydroxylation is 1. The summed E-state index contributed by atoms with van der Waals surface area (Å²) in [7, 11) is 0. The van der Waals surface area contributed by atoms with Crippen LogP contribution in [0.25, 0.3) is 0 Å². The van der Waals surface area contributed by atoms with Gasteiger partial charge in [0.15, 0.2) is 0 Å². The van der Waals surface area contributed by atoms with E-state index < -0.39 is 12.0 Å². The van der Waals surface area contributed by atoms with Gasteiger partial charge in [0.05, 0.1) is 6.54 Å². The molecule has 0 aliphatic carbocycles. The number of carboxylic acids is 1. The van der Waals surface area contributed by atoms with Gasteiger partial charge in [0.25, 0.3) is 0 Å². The van der Waals surface area contributed by atoms with Crippen molar-refractivity contribution in [2.75, 3.05) is 11.9 Å². The first-order valence-corrected chi connectivity index (χ1v) is 7.72. The molecule has 0 aliphatic rings. The Hall–Kier alpha value is -1.88. The summed E-state index contributed by atoms with van der Waals surface area (Å²) < 4.78 is 0. The van der Waals surface area contributed by atoms with Gasteiger partial charge >= 0.3 is 5.97 Å². The Morgan fingerprint density at radius 2 is 1.95 bits per heavy atom. The minimum atomic E-state index is -0.923. The van der Waals surface area contributed by atoms with Crippen molar-refractivity contribution in [3.63, 3.8) is 0 Å². The zero-order valence-electron chi connectivity index (χ0n) is 13.8. The molecule has 1 amide bonds. The Bertz CT molecular complexity index is 527. The SMILES string of the molecule is CCCC(NCC(=O)Nc1c(C)cccc1C(C)C)C(=O)O. The molecule has 22 heavy (non-hydrogen) atoms. The van der Waals surface area contributed by atoms with E-state index in [0.717, 1.165) is 23.2 Å². The second-order valence-electron chi connectivity index (χ2n) is 5.80. The molecular weight excluding hydrogens is 280 g/mol. The van der Waals surface area contributed by atoms with Crippen LogP contribution in [0.1, 0.15) is 50.7 Å². The van der Waals surface area contributed by atoms with Gasteiger partial charge in [0.1, 0.15) is 6.04 Å². The highest BCUT2D eigenvalue weighted by atomic mass is 16.4. The first-order chi connectivity index (χ1) is 10.4. The predicted octanol–water partition coefficient (Wildman–Crippen LogP) is 2.90. The average molecular weight is 306 g/mol. The van der Waals surface area contributed by atoms with E-state index in [-0.39, 0.29) is 12.5 Å². The largest absolute Gasteiger partial charge is 0.480 e. The molecule has 1 unspecified atom stereocenters. The van der Waals surface area contributed by atoms with Crippen molar-refractivity contribution in [3.05, 3.63) is 29.3 Å². The zero-order chi connectivity index (χ0) is 16.7. The van der Waals surface area contributed by atoms with Crippen LogP contribution in [-0.2, 0) is 9.59 Å². The highest BCUT2D eigenvalue weighted by molar-refractivity contribution is 5.94. The van der Waals surface area contributed by atoms with E-state index in [0.29, 0.717) is 12.3 Å². The number of carbonyl (C=O) groups is 2. The fraction of sp³-hybridized carbons (Fsp3) is 0.529. The number of anilines is 1. The summed E-state index contributed by atoms with van der Waals surface area (Å²) in [5, 5.41) is 14.8. The topological polar surface area (TPSA) is 78.4 Å². The van der Waals surface area contributed by atoms with Gasteiger partial charge in [0.2, 0.25) is 5.91 Å². The predicted molar refractivity (Wildman–Crippen MR) is 88.2 cm³/mol. The van der Waals surface area contributed by atoms with Crippen molar-refractivity contribution in [1.82, 2.24) is 5.32 Å². The van der Waals surface area contributed by atoms with Gasteiger partial charge in [-0.05, 0) is 30.4 Å². The first kappa shape index (κ1) is 18.2. The molecule has 0 aliphatic heterocycles. The van der Waals surface area contributed by atoms with Crippen LogP contribution >= 0.6 is 0 Å². The molecule has 0 heterocycles. The van der Waals surface area contributed by atoms with Gasteiger partial charge in [-0.25, -0.2) is 0 Å². The van der Waals surface area contributed by atoms with Crippen molar-refractivity contribution in [2.24, 2.45) is 0 Å². The van der Waals surface area contributed by atoms with E-state index in [1.54, 1.807) is 0 Å². The zero-order valence-corrected chi connectivity index (χ0v) is 13.8. The third-order valence-electron chi connectivity index (χ3n) is 3.58. The smallest absolute Gasteiger partial charge is 0.320 e. The fourth-order valence-electron chi connectivity index (χ4n) is 2.34. The highest BCUT2D eigenvalue weighted by Gasteiger charge is 2.17. The van der Waals surface area contributed by atoms with E-state index in [1.165, 1.54) is 0 Å². The molecule has 0 aromatic heterocycles. The second kappa shape index (κ2) is 8.54. The van der Waals surface area contributed by atoms with E-state index in [2.05, 4.69) is 24.5 Å². The Labute approximate surface area is 132 Å². The third-order valence-corrected chi connectivity index (χ3v) is 3.58. The van der Waals surface area contributed by atoms with Crippen molar-refractivity contribution >= 4 is 17.6 Å². The van der Waals surface area contributed by atoms with Gasteiger partial charge in [0, 0.05) is 5.69 Å². The minimum absolute atomic E-state index is 0.0111. The van der Waals surface area contributed by atoms with Crippen LogP contribution in [0.15, 0.2) is 18.2 Å². The number of benzene rings is 1. The maximum Gasteiger partial charge on any atom is 0.320 e. The van der Waals surface area contributed by atoms with Crippen LogP contribution in [0.3, 0.4) is 0 Å². The second-order valence-corrected chi connectivity index (χ2v) is 5.80. The summed E-state index contributed by atoms with van der Waals surface area (Å²) in [4.78, 5) is 23.2. The van der Waals surface area contributed by atoms with Crippen molar-refractivity contribution < 1.29 is 14.7 Å². The maximum atomic E-state index is 12.1. The molecule has 0 spiro atoms. The molecule has 3 N–H and O–H groups in total. The molecule has 5 nitrogen and oxygen atoms in total. The van der Waals surface area contributed by atoms with Gasteiger partial charge in [-0.1, -0.05) is 45.4 Å². The van der Waals surface area contributed by atoms with E-state index in [4.69, 9.17) is 5.11 Å². The van der Waals surface area contributed by atoms with Crippen LogP contribution in [0.4, 0.5) is 5.69 Å². The van der Waals surface area contributed by atoms with E-state index in [9.17, 15) is 9.59 Å². The Balaban J connectivity index is 2.71. The quantitative estimate of drug-likeness (QED) is 0.690. The molecule has 0 saturated heterocycles. The van der Waals surface area contributed by atoms with Crippen LogP contribution in [0.5, 0.6) is 0 Å². The van der Waals surface area contributed by atoms with Gasteiger partial charge in [-0.3, -0.25) is 14.9 Å². The molecule has 0 saturated carbocycles. The van der Waals surface area contributed by atoms with Crippen LogP contribution < -0.4 is 10.6 Å². The fourth-order valence-corrected chi connectivity index (χ4v) is 2.34. The number of hydrogen-bond acceptors (Lipinski definition) is 3. The third kappa shape index (κ3) is 5.15. The number of aliphatic carboxylic acids is 1. The lowest BCUT2D eigenvalue weighted by Crippen LogP contribution is -2.41. The number of para-hydroxylation sites is 1. The standard InChI is InChI=1S/C17H26N2O3/c1-5-7-14(17(21)22)18-10-15(20)19-16-12(4)8-6-9-13(16)11(2)3/h6,8-9,11,14,18H,5,7,10H2,1-4H3,(H,19,20)(H,21,22). The van der Waals surface area contributed by atoms with Crippen molar-refractivity contribution in [2.45, 2.75) is 52.5 Å². The van der Waals surface area contributed by atoms with Gasteiger partial charge in [-0.2, -0.15) is 0 Å². The lowest BCUT2D eigenvalue weighted by atomic mass is 9.98. The van der Waals surface area contributed by atoms with Crippen molar-refractivity contribution in [3.8, 4) is 0 Å². The molecule has 1 aromatic carbocycles. The molecule has 122 valence electrons. The number of carboxylic acid groups (broad SMARTS) is 1. The Morgan fingerprint density at radius 3 is 2.50 bits per heavy atom. The summed E-state index contributed by atoms with van der Waals surface area (Å²) in [6.07, 6.45) is 1.26. The Morgan fingerprint density at radius 1 is 1.27 bits per heavy atom. The molecule has 0 bridgehead atoms. The molecule has 1 aromatic rings. The van der Waals surface area contributed by atoms with E-state index in [1.807, 2.05) is 32.0 Å². The molecule has 0 fully saturated rings. The molecule has 0 radical (unpaired) electrons. The molecular formula is C17H26N2O3. The number of hydrogen-bond donors (Lipinski definition) is 3. The lowest BCUT2D eigenvalue weighted by Gasteiger charge is -2.18. The first-order valence-electron chi connectivity index (χ1n) is 7.72. The van der Waals surface area contributed by atoms with Crippen molar-refractivity contribution in [1.29, 1.82) is 0 Å². The number of rotatable bonds is 8. The molecule has 5 heteroatoms. The monoisotopic (exact) mass is 306 g/mol. The van der Waals surface area contributed by atoms with Crippen LogP contribution in [-0.4, -0.2) is 29.6 Å². The Kier molecular flexibility index (Phi) is 7.05. The molecule has 1 atom stereocenters. The molecule has 1 rings (SSSR count). The summed E-state index contributed by atoms with van der Waals surface area (Å²) in [6, 6.07) is 5.24. The lowest BCUT2D eigenvalue weighted by molar-refractivity contribution is -0.139. The normalized spacial score (nSPS) is 12.2.